The van der Waals surface area contributed by atoms with Crippen LogP contribution in [0.2, 0.25) is 0 Å². The molecule has 6 aliphatic rings. The van der Waals surface area contributed by atoms with E-state index >= 15 is 0 Å². The molecule has 111 heavy (non-hydrogen) atoms. The molecule has 69 heteroatoms. The highest BCUT2D eigenvalue weighted by Gasteiger charge is 2.62. The number of carboxylic acids is 3. The lowest BCUT2D eigenvalue weighted by Crippen LogP contribution is -2.71. The normalized spacial score (nSPS) is 37.9. The Balaban J connectivity index is 1.25. The number of nitro benzene ring substituents is 1. The van der Waals surface area contributed by atoms with E-state index in [0.29, 0.717) is 0 Å². The first-order valence-electron chi connectivity index (χ1n) is 29.3. The van der Waals surface area contributed by atoms with Crippen LogP contribution in [0, 0.1) is 10.1 Å². The molecule has 6 aliphatic heterocycles. The van der Waals surface area contributed by atoms with Gasteiger partial charge >= 0.3 is 101 Å². The van der Waals surface area contributed by atoms with Crippen molar-refractivity contribution in [3.63, 3.8) is 0 Å². The fourth-order valence-electron chi connectivity index (χ4n) is 11.1. The van der Waals surface area contributed by atoms with Gasteiger partial charge in [-0.2, -0.15) is 81.5 Å². The quantitative estimate of drug-likeness (QED) is 0.0170. The molecule has 6 heterocycles. The SMILES string of the molecule is O=C(O)[C@H]1O[C@@H](Oc2ccc([N+](=O)[O-])cc2)[C@H](O)[C@@H](O)[C@@H]1O[C@H]1O[C@H](COS(=O)(=O)O)[C@@H](O[C@@H]2O[C@@H](C(=O)O)[C@H](O[C@H]3O[C@H](COS(=O)(=O)O)[C@@H](O[C@@H]4O[C@H](C(=O)O)[C@@H](O[C@H]5O[C@H](COS(=O)(=O)O)[C@@H](O)[C@H](O)[C@H]5NS(=O)(=O)O)[C@H](O)[C@H]4O)[C@H](OS(=O)(=O)O)[C@H]3NS(=O)(=O)O)[C@H](O)[C@H]2OS(=O)(=O)O)[C@H](O)[C@H]1NS(=O)(=O)O. The number of nitrogens with one attached hydrogen (secondary N) is 3. The van der Waals surface area contributed by atoms with Crippen LogP contribution in [-0.2, 0) is 170 Å². The van der Waals surface area contributed by atoms with Crippen LogP contribution >= 0.6 is 0 Å². The van der Waals surface area contributed by atoms with Gasteiger partial charge in [-0.1, -0.05) is 0 Å². The second-order valence-electron chi connectivity index (χ2n) is 23.2. The van der Waals surface area contributed by atoms with Gasteiger partial charge in [-0.15, -0.1) is 0 Å². The summed E-state index contributed by atoms with van der Waals surface area (Å²) in [6.45, 7) is -5.51. The summed E-state index contributed by atoms with van der Waals surface area (Å²) in [6, 6.07) is -5.44. The zero-order valence-electron chi connectivity index (χ0n) is 53.5. The van der Waals surface area contributed by atoms with Crippen molar-refractivity contribution in [2.24, 2.45) is 0 Å². The highest BCUT2D eigenvalue weighted by atomic mass is 32.3. The number of hydrogen-bond donors (Lipinski definition) is 22. The molecule has 0 amide bonds. The van der Waals surface area contributed by atoms with Crippen LogP contribution in [0.3, 0.4) is 0 Å². The Morgan fingerprint density at radius 3 is 1.10 bits per heavy atom. The van der Waals surface area contributed by atoms with Crippen molar-refractivity contribution >= 4 is 107 Å². The van der Waals surface area contributed by atoms with Crippen LogP contribution in [0.5, 0.6) is 5.75 Å². The van der Waals surface area contributed by atoms with E-state index < -0.39 is 321 Å². The Bertz CT molecular complexity index is 4430. The van der Waals surface area contributed by atoms with Crippen molar-refractivity contribution in [3.8, 4) is 5.75 Å². The second-order valence-corrected chi connectivity index (χ2v) is 32.1. The summed E-state index contributed by atoms with van der Waals surface area (Å²) in [5, 5.41) is 133. The van der Waals surface area contributed by atoms with Gasteiger partial charge in [0.2, 0.25) is 6.29 Å². The lowest BCUT2D eigenvalue weighted by molar-refractivity contribution is -0.384. The summed E-state index contributed by atoms with van der Waals surface area (Å²) in [4.78, 5) is 49.2. The maximum atomic E-state index is 13.3. The predicted molar refractivity (Wildman–Crippen MR) is 322 cm³/mol. The average molecular weight is 1790 g/mol. The van der Waals surface area contributed by atoms with E-state index in [4.69, 9.17) is 61.4 Å². The van der Waals surface area contributed by atoms with Crippen molar-refractivity contribution in [2.45, 2.75) is 184 Å². The molecule has 640 valence electrons. The average Bonchev–Trinajstić information content (AvgIpc) is 0.747. The number of aliphatic hydroxyl groups is 8. The van der Waals surface area contributed by atoms with E-state index in [1.165, 1.54) is 9.44 Å². The van der Waals surface area contributed by atoms with Crippen molar-refractivity contribution in [1.82, 2.24) is 14.2 Å². The molecular formula is C42H62N4O57S8. The third-order valence-electron chi connectivity index (χ3n) is 15.6. The number of aliphatic carboxylic acids is 3. The highest BCUT2D eigenvalue weighted by molar-refractivity contribution is 7.84. The van der Waals surface area contributed by atoms with Gasteiger partial charge in [-0.05, 0) is 12.1 Å². The number of nitro groups is 1. The van der Waals surface area contributed by atoms with Crippen LogP contribution in [0.25, 0.3) is 0 Å². The van der Waals surface area contributed by atoms with E-state index in [2.05, 4.69) is 20.9 Å². The number of carboxylic acid groups (broad SMARTS) is 3. The first-order valence-corrected chi connectivity index (χ1v) is 40.4. The molecule has 6 fully saturated rings. The number of non-ortho nitro benzene ring substituents is 1. The Morgan fingerprint density at radius 1 is 0.360 bits per heavy atom. The topological polar surface area (TPSA) is 945 Å². The molecule has 1 aromatic rings. The third kappa shape index (κ3) is 25.8. The molecule has 0 aromatic heterocycles. The first-order chi connectivity index (χ1) is 50.6. The van der Waals surface area contributed by atoms with Gasteiger partial charge in [0.1, 0.15) is 128 Å². The molecule has 0 radical (unpaired) electrons. The van der Waals surface area contributed by atoms with Gasteiger partial charge in [0, 0.05) is 12.1 Å². The summed E-state index contributed by atoms with van der Waals surface area (Å²) in [6.07, 6.45) is -80.5. The van der Waals surface area contributed by atoms with Gasteiger partial charge in [0.05, 0.1) is 24.7 Å². The smallest absolute Gasteiger partial charge is 0.397 e. The van der Waals surface area contributed by atoms with Crippen LogP contribution in [0.4, 0.5) is 5.69 Å². The van der Waals surface area contributed by atoms with E-state index in [9.17, 15) is 180 Å². The lowest BCUT2D eigenvalue weighted by atomic mass is 9.94. The molecule has 1 aromatic carbocycles. The molecule has 0 unspecified atom stereocenters. The molecule has 0 spiro atoms. The summed E-state index contributed by atoms with van der Waals surface area (Å²) < 4.78 is 364. The molecule has 0 aliphatic carbocycles. The van der Waals surface area contributed by atoms with Crippen LogP contribution in [-0.4, -0.2) is 387 Å². The Labute approximate surface area is 618 Å². The highest BCUT2D eigenvalue weighted by Crippen LogP contribution is 2.40. The number of nitrogens with zero attached hydrogens (tertiary/aromatic N) is 1. The molecule has 30 atom stereocenters. The minimum Gasteiger partial charge on any atom is -0.479 e. The predicted octanol–water partition coefficient (Wildman–Crippen LogP) is -14.5. The van der Waals surface area contributed by atoms with Gasteiger partial charge in [-0.3, -0.25) is 46.5 Å². The molecule has 61 nitrogen and oxygen atoms in total. The zero-order valence-corrected chi connectivity index (χ0v) is 60.0. The number of carbonyl (C=O) groups is 3. The van der Waals surface area contributed by atoms with Gasteiger partial charge in [-0.25, -0.2) is 35.3 Å². The van der Waals surface area contributed by atoms with Crippen molar-refractivity contribution in [2.75, 3.05) is 19.8 Å². The van der Waals surface area contributed by atoms with Crippen LogP contribution < -0.4 is 18.9 Å². The summed E-state index contributed by atoms with van der Waals surface area (Å²) in [7, 11) is -48.0. The molecule has 22 N–H and O–H groups in total. The van der Waals surface area contributed by atoms with Crippen molar-refractivity contribution < 1.29 is 257 Å². The largest absolute Gasteiger partial charge is 0.479 e. The van der Waals surface area contributed by atoms with Gasteiger partial charge in [0.15, 0.2) is 55.9 Å². The third-order valence-corrected chi connectivity index (χ3v) is 19.5. The molecular weight excluding hydrogens is 1730 g/mol. The first kappa shape index (κ1) is 93.2. The van der Waals surface area contributed by atoms with Gasteiger partial charge in [0.25, 0.3) is 5.69 Å². The van der Waals surface area contributed by atoms with Crippen LogP contribution in [0.15, 0.2) is 24.3 Å². The number of benzene rings is 1. The number of hydrogen-bond acceptors (Lipinski definition) is 46. The van der Waals surface area contributed by atoms with E-state index in [1.807, 2.05) is 0 Å². The summed E-state index contributed by atoms with van der Waals surface area (Å²) >= 11 is 0. The molecule has 0 bridgehead atoms. The maximum absolute atomic E-state index is 13.3. The monoisotopic (exact) mass is 1790 g/mol. The van der Waals surface area contributed by atoms with E-state index in [1.54, 1.807) is 0 Å². The standard InChI is InChI=1S/C42H62N4O57S8/c47-16-10(5-87-107(72,73)74)91-37(13(17(16)48)43-104(63,64)65)96-28-20(51)22(53)41(100-32(28)35(57)58)95-25-12(7-89-109(78,79)80)93-39(15(45-106(69,70)71)26(25)102-110(81,82)83)98-29-23(54)30(103-111(84,85)86)42(101-33(29)36(59)60)94-24-11(6-88-108(75,76)77)92-38(14(18(24)49)44-105(66,67)68)97-27-19(50)21(52)40(99-31(27)34(55)56)90-9-3-1-8(2-4-9)46(61)62/h1-4,10-33,37-45,47-54H,5-7H2,(H,55,56)(H,57,58)(H,59,60)(H,63,64,65)(H,66,67,68)(H,69,70,71)(H,72,73,74)(H,75,76,77)(H,78,79,80)(H,81,82,83)(H,84,85,86)/t10-,11-,12-,13-,14-,15-,16-,17-,18-,19-,20-,21-,22-,23+,24-,25-,26-,27+,28+,29-,30-,31+,32+,33-,37-,38-,39-,40-,41-,42-/m1/s1. The second kappa shape index (κ2) is 35.9. The van der Waals surface area contributed by atoms with Crippen LogP contribution in [0.1, 0.15) is 0 Å². The number of rotatable bonds is 35. The fourth-order valence-corrected chi connectivity index (χ4v) is 14.8. The minimum atomic E-state index is -6.46. The van der Waals surface area contributed by atoms with Gasteiger partial charge < -0.3 is 113 Å². The van der Waals surface area contributed by atoms with E-state index in [0.717, 1.165) is 29.0 Å². The molecule has 0 saturated carbocycles. The molecule has 7 rings (SSSR count). The van der Waals surface area contributed by atoms with E-state index in [-0.39, 0.29) is 0 Å². The van der Waals surface area contributed by atoms with Crippen molar-refractivity contribution in [3.05, 3.63) is 34.4 Å². The Hall–Kier alpha value is -4.97. The number of aliphatic hydroxyl groups excluding tert-OH is 8. The minimum absolute atomic E-state index is 0.411. The fraction of sp³-hybridized carbons (Fsp3) is 0.786. The zero-order chi connectivity index (χ0) is 83.9. The summed E-state index contributed by atoms with van der Waals surface area (Å²) in [5.41, 5.74) is -0.527. The van der Waals surface area contributed by atoms with Crippen molar-refractivity contribution in [1.29, 1.82) is 0 Å². The Morgan fingerprint density at radius 2 is 0.694 bits per heavy atom. The molecule has 6 saturated heterocycles. The lowest BCUT2D eigenvalue weighted by Gasteiger charge is -2.50. The number of ether oxygens (including phenoxy) is 12. The summed E-state index contributed by atoms with van der Waals surface area (Å²) in [5.74, 6) is -7.69. The Kier molecular flexibility index (Phi) is 30.1. The maximum Gasteiger partial charge on any atom is 0.397 e.